The minimum Gasteiger partial charge on any atom is -0.322 e. The molecule has 21 heavy (non-hydrogen) atoms. The second kappa shape index (κ2) is 5.66. The summed E-state index contributed by atoms with van der Waals surface area (Å²) in [5.74, 6) is -0.219. The summed E-state index contributed by atoms with van der Waals surface area (Å²) in [6, 6.07) is 13.6. The fourth-order valence-electron chi connectivity index (χ4n) is 2.87. The van der Waals surface area contributed by atoms with E-state index in [2.05, 4.69) is 0 Å². The van der Waals surface area contributed by atoms with Gasteiger partial charge in [0.2, 0.25) is 11.8 Å². The molecule has 0 bridgehead atoms. The molecular formula is C17H18N2O2. The predicted octanol–water partition coefficient (Wildman–Crippen LogP) is 2.38. The lowest BCUT2D eigenvalue weighted by molar-refractivity contribution is -0.148. The van der Waals surface area contributed by atoms with Gasteiger partial charge in [-0.25, -0.2) is 0 Å². The van der Waals surface area contributed by atoms with Crippen LogP contribution in [0.3, 0.4) is 0 Å². The summed E-state index contributed by atoms with van der Waals surface area (Å²) >= 11 is 0. The number of imide groups is 1. The van der Waals surface area contributed by atoms with Crippen LogP contribution in [0.15, 0.2) is 42.5 Å². The van der Waals surface area contributed by atoms with Crippen LogP contribution in [0.4, 0.5) is 0 Å². The van der Waals surface area contributed by atoms with Gasteiger partial charge in [0, 0.05) is 25.4 Å². The van der Waals surface area contributed by atoms with Gasteiger partial charge in [0.15, 0.2) is 0 Å². The highest BCUT2D eigenvalue weighted by Crippen LogP contribution is 2.24. The van der Waals surface area contributed by atoms with Crippen molar-refractivity contribution in [3.8, 4) is 0 Å². The highest BCUT2D eigenvalue weighted by molar-refractivity contribution is 5.97. The summed E-state index contributed by atoms with van der Waals surface area (Å²) in [4.78, 5) is 25.1. The van der Waals surface area contributed by atoms with Crippen molar-refractivity contribution < 1.29 is 9.59 Å². The van der Waals surface area contributed by atoms with Crippen molar-refractivity contribution in [2.24, 2.45) is 5.73 Å². The molecule has 2 amide bonds. The van der Waals surface area contributed by atoms with Gasteiger partial charge in [-0.3, -0.25) is 14.5 Å². The third kappa shape index (κ3) is 2.67. The number of hydrogen-bond donors (Lipinski definition) is 1. The number of piperidine rings is 1. The van der Waals surface area contributed by atoms with Crippen molar-refractivity contribution in [1.82, 2.24) is 4.90 Å². The molecule has 1 aliphatic rings. The summed E-state index contributed by atoms with van der Waals surface area (Å²) < 4.78 is 0. The van der Waals surface area contributed by atoms with Gasteiger partial charge >= 0.3 is 0 Å². The zero-order valence-corrected chi connectivity index (χ0v) is 11.8. The monoisotopic (exact) mass is 282 g/mol. The van der Waals surface area contributed by atoms with E-state index in [1.165, 1.54) is 4.90 Å². The van der Waals surface area contributed by atoms with Crippen LogP contribution in [0.5, 0.6) is 0 Å². The Labute approximate surface area is 123 Å². The molecule has 4 heteroatoms. The number of rotatable bonds is 3. The van der Waals surface area contributed by atoms with Crippen molar-refractivity contribution in [2.75, 3.05) is 6.54 Å². The standard InChI is InChI=1S/C17H18N2O2/c18-15(11-19-16(20)9-4-10-17(19)21)14-8-3-6-12-5-1-2-7-13(12)14/h1-3,5-8,15H,4,9-11,18H2. The Bertz CT molecular complexity index is 675. The molecule has 0 spiro atoms. The minimum absolute atomic E-state index is 0.109. The van der Waals surface area contributed by atoms with E-state index < -0.39 is 0 Å². The van der Waals surface area contributed by atoms with E-state index in [1.807, 2.05) is 42.5 Å². The largest absolute Gasteiger partial charge is 0.322 e. The molecule has 0 radical (unpaired) electrons. The zero-order valence-electron chi connectivity index (χ0n) is 11.8. The number of amides is 2. The summed E-state index contributed by atoms with van der Waals surface area (Å²) in [5, 5.41) is 2.19. The first-order chi connectivity index (χ1) is 10.2. The molecule has 1 atom stereocenters. The van der Waals surface area contributed by atoms with E-state index in [0.717, 1.165) is 16.3 Å². The van der Waals surface area contributed by atoms with E-state index in [-0.39, 0.29) is 24.4 Å². The number of nitrogens with two attached hydrogens (primary N) is 1. The fraction of sp³-hybridized carbons (Fsp3) is 0.294. The Morgan fingerprint density at radius 1 is 1.00 bits per heavy atom. The van der Waals surface area contributed by atoms with Crippen LogP contribution in [0.2, 0.25) is 0 Å². The number of nitrogens with zero attached hydrogens (tertiary/aromatic N) is 1. The lowest BCUT2D eigenvalue weighted by atomic mass is 9.98. The maximum absolute atomic E-state index is 11.9. The van der Waals surface area contributed by atoms with E-state index in [9.17, 15) is 9.59 Å². The Morgan fingerprint density at radius 2 is 1.67 bits per heavy atom. The van der Waals surface area contributed by atoms with Crippen molar-refractivity contribution in [3.63, 3.8) is 0 Å². The molecule has 0 aliphatic carbocycles. The molecule has 1 saturated heterocycles. The van der Waals surface area contributed by atoms with Crippen LogP contribution in [0.1, 0.15) is 30.9 Å². The molecule has 1 aliphatic heterocycles. The van der Waals surface area contributed by atoms with Gasteiger partial charge in [0.1, 0.15) is 0 Å². The molecule has 1 heterocycles. The average Bonchev–Trinajstić information content (AvgIpc) is 2.50. The maximum atomic E-state index is 11.9. The van der Waals surface area contributed by atoms with Crippen LogP contribution >= 0.6 is 0 Å². The summed E-state index contributed by atoms with van der Waals surface area (Å²) in [6.07, 6.45) is 1.53. The Morgan fingerprint density at radius 3 is 2.43 bits per heavy atom. The van der Waals surface area contributed by atoms with Crippen LogP contribution in [0, 0.1) is 0 Å². The summed E-state index contributed by atoms with van der Waals surface area (Å²) in [6.45, 7) is 0.256. The van der Waals surface area contributed by atoms with Crippen molar-refractivity contribution in [1.29, 1.82) is 0 Å². The van der Waals surface area contributed by atoms with E-state index in [1.54, 1.807) is 0 Å². The number of carbonyl (C=O) groups is 2. The third-order valence-electron chi connectivity index (χ3n) is 3.99. The summed E-state index contributed by atoms with van der Waals surface area (Å²) in [7, 11) is 0. The smallest absolute Gasteiger partial charge is 0.229 e. The second-order valence-electron chi connectivity index (χ2n) is 5.43. The van der Waals surface area contributed by atoms with Gasteiger partial charge in [0.25, 0.3) is 0 Å². The van der Waals surface area contributed by atoms with Gasteiger partial charge in [-0.15, -0.1) is 0 Å². The minimum atomic E-state index is -0.359. The van der Waals surface area contributed by atoms with Crippen LogP contribution in [0.25, 0.3) is 10.8 Å². The van der Waals surface area contributed by atoms with Gasteiger partial charge in [-0.1, -0.05) is 42.5 Å². The summed E-state index contributed by atoms with van der Waals surface area (Å²) in [5.41, 5.74) is 7.24. The number of carbonyl (C=O) groups excluding carboxylic acids is 2. The quantitative estimate of drug-likeness (QED) is 0.879. The van der Waals surface area contributed by atoms with E-state index >= 15 is 0 Å². The molecular weight excluding hydrogens is 264 g/mol. The van der Waals surface area contributed by atoms with Gasteiger partial charge < -0.3 is 5.73 Å². The van der Waals surface area contributed by atoms with E-state index in [0.29, 0.717) is 19.3 Å². The molecule has 0 saturated carbocycles. The van der Waals surface area contributed by atoms with Gasteiger partial charge in [0.05, 0.1) is 0 Å². The van der Waals surface area contributed by atoms with Crippen LogP contribution in [-0.2, 0) is 9.59 Å². The van der Waals surface area contributed by atoms with Crippen molar-refractivity contribution in [2.45, 2.75) is 25.3 Å². The Kier molecular flexibility index (Phi) is 3.71. The topological polar surface area (TPSA) is 63.4 Å². The van der Waals surface area contributed by atoms with E-state index in [4.69, 9.17) is 5.73 Å². The molecule has 2 aromatic carbocycles. The first-order valence-electron chi connectivity index (χ1n) is 7.23. The molecule has 1 unspecified atom stereocenters. The second-order valence-corrected chi connectivity index (χ2v) is 5.43. The fourth-order valence-corrected chi connectivity index (χ4v) is 2.87. The number of likely N-dealkylation sites (tertiary alicyclic amines) is 1. The SMILES string of the molecule is NC(CN1C(=O)CCCC1=O)c1cccc2ccccc12. The highest BCUT2D eigenvalue weighted by atomic mass is 16.2. The third-order valence-corrected chi connectivity index (χ3v) is 3.99. The first-order valence-corrected chi connectivity index (χ1v) is 7.23. The first kappa shape index (κ1) is 13.8. The Hall–Kier alpha value is -2.20. The number of benzene rings is 2. The maximum Gasteiger partial charge on any atom is 0.229 e. The molecule has 108 valence electrons. The van der Waals surface area contributed by atoms with Crippen LogP contribution < -0.4 is 5.73 Å². The lowest BCUT2D eigenvalue weighted by Gasteiger charge is -2.28. The molecule has 3 rings (SSSR count). The predicted molar refractivity (Wildman–Crippen MR) is 81.4 cm³/mol. The molecule has 2 aromatic rings. The Balaban J connectivity index is 1.88. The zero-order chi connectivity index (χ0) is 14.8. The van der Waals surface area contributed by atoms with Gasteiger partial charge in [-0.05, 0) is 22.8 Å². The number of fused-ring (bicyclic) bond motifs is 1. The lowest BCUT2D eigenvalue weighted by Crippen LogP contribution is -2.43. The number of hydrogen-bond acceptors (Lipinski definition) is 3. The normalized spacial score (nSPS) is 17.3. The highest BCUT2D eigenvalue weighted by Gasteiger charge is 2.27. The molecule has 1 fully saturated rings. The average molecular weight is 282 g/mol. The molecule has 0 aromatic heterocycles. The van der Waals surface area contributed by atoms with Crippen molar-refractivity contribution >= 4 is 22.6 Å². The molecule has 4 nitrogen and oxygen atoms in total. The van der Waals surface area contributed by atoms with Crippen LogP contribution in [-0.4, -0.2) is 23.3 Å². The van der Waals surface area contributed by atoms with Gasteiger partial charge in [-0.2, -0.15) is 0 Å². The van der Waals surface area contributed by atoms with Crippen molar-refractivity contribution in [3.05, 3.63) is 48.0 Å². The molecule has 2 N–H and O–H groups in total.